The van der Waals surface area contributed by atoms with Crippen LogP contribution in [-0.4, -0.2) is 59.7 Å². The fourth-order valence-corrected chi connectivity index (χ4v) is 2.68. The summed E-state index contributed by atoms with van der Waals surface area (Å²) in [6, 6.07) is 1.39. The van der Waals surface area contributed by atoms with Crippen LogP contribution in [-0.2, 0) is 16.1 Å². The first kappa shape index (κ1) is 16.5. The predicted molar refractivity (Wildman–Crippen MR) is 84.7 cm³/mol. The first-order valence-electron chi connectivity index (χ1n) is 7.73. The molecule has 1 atom stereocenters. The molecular weight excluding hydrogens is 282 g/mol. The number of anilines is 1. The summed E-state index contributed by atoms with van der Waals surface area (Å²) in [7, 11) is 3.91. The van der Waals surface area contributed by atoms with Crippen LogP contribution >= 0.6 is 0 Å². The van der Waals surface area contributed by atoms with Crippen LogP contribution in [0, 0.1) is 6.92 Å². The van der Waals surface area contributed by atoms with E-state index in [0.29, 0.717) is 25.9 Å². The van der Waals surface area contributed by atoms with E-state index in [2.05, 4.69) is 10.4 Å². The average molecular weight is 307 g/mol. The Morgan fingerprint density at radius 2 is 2.23 bits per heavy atom. The van der Waals surface area contributed by atoms with Crippen LogP contribution in [0.15, 0.2) is 6.07 Å². The van der Waals surface area contributed by atoms with Gasteiger partial charge in [0.25, 0.3) is 0 Å². The third kappa shape index (κ3) is 3.47. The number of hydrogen-bond donors (Lipinski definition) is 1. The summed E-state index contributed by atoms with van der Waals surface area (Å²) in [5.41, 5.74) is 0.859. The normalized spacial score (nSPS) is 15.9. The van der Waals surface area contributed by atoms with E-state index in [-0.39, 0.29) is 11.8 Å². The van der Waals surface area contributed by atoms with Gasteiger partial charge in [-0.3, -0.25) is 14.5 Å². The number of nitrogens with zero attached hydrogens (tertiary/aromatic N) is 4. The van der Waals surface area contributed by atoms with E-state index in [1.165, 1.54) is 0 Å². The fourth-order valence-electron chi connectivity index (χ4n) is 2.68. The van der Waals surface area contributed by atoms with E-state index in [1.54, 1.807) is 4.90 Å². The zero-order valence-electron chi connectivity index (χ0n) is 13.8. The Labute approximate surface area is 131 Å². The molecule has 0 radical (unpaired) electrons. The second-order valence-electron chi connectivity index (χ2n) is 5.90. The highest BCUT2D eigenvalue weighted by Crippen LogP contribution is 2.25. The number of amides is 2. The van der Waals surface area contributed by atoms with E-state index in [0.717, 1.165) is 18.1 Å². The highest BCUT2D eigenvalue weighted by atomic mass is 16.2. The van der Waals surface area contributed by atoms with Crippen molar-refractivity contribution in [2.75, 3.05) is 32.1 Å². The van der Waals surface area contributed by atoms with E-state index in [1.807, 2.05) is 43.6 Å². The largest absolute Gasteiger partial charge is 0.353 e. The predicted octanol–water partition coefficient (Wildman–Crippen LogP) is 0.385. The van der Waals surface area contributed by atoms with Gasteiger partial charge in [-0.2, -0.15) is 5.10 Å². The second-order valence-corrected chi connectivity index (χ2v) is 5.90. The molecule has 2 amide bonds. The SMILES string of the molecule is CCC(C(=O)NCCN(C)C)N1C(=O)CCn2nc(C)cc21. The summed E-state index contributed by atoms with van der Waals surface area (Å²) in [6.07, 6.45) is 0.958. The third-order valence-electron chi connectivity index (χ3n) is 3.79. The van der Waals surface area contributed by atoms with Gasteiger partial charge in [-0.05, 0) is 27.4 Å². The number of aromatic nitrogens is 2. The van der Waals surface area contributed by atoms with Crippen LogP contribution in [0.4, 0.5) is 5.82 Å². The van der Waals surface area contributed by atoms with Crippen molar-refractivity contribution >= 4 is 17.6 Å². The molecule has 0 aromatic carbocycles. The number of carbonyl (C=O) groups is 2. The van der Waals surface area contributed by atoms with Gasteiger partial charge in [-0.15, -0.1) is 0 Å². The van der Waals surface area contributed by atoms with Gasteiger partial charge in [0.1, 0.15) is 11.9 Å². The molecule has 122 valence electrons. The second kappa shape index (κ2) is 6.91. The summed E-state index contributed by atoms with van der Waals surface area (Å²) in [4.78, 5) is 28.4. The highest BCUT2D eigenvalue weighted by Gasteiger charge is 2.34. The minimum Gasteiger partial charge on any atom is -0.353 e. The quantitative estimate of drug-likeness (QED) is 0.825. The van der Waals surface area contributed by atoms with E-state index in [9.17, 15) is 9.59 Å². The molecule has 7 heteroatoms. The lowest BCUT2D eigenvalue weighted by atomic mass is 10.1. The topological polar surface area (TPSA) is 70.5 Å². The number of likely N-dealkylation sites (N-methyl/N-ethyl adjacent to an activating group) is 1. The van der Waals surface area contributed by atoms with Crippen molar-refractivity contribution in [3.8, 4) is 0 Å². The Morgan fingerprint density at radius 3 is 2.86 bits per heavy atom. The van der Waals surface area contributed by atoms with Crippen molar-refractivity contribution in [1.29, 1.82) is 0 Å². The lowest BCUT2D eigenvalue weighted by Gasteiger charge is -2.33. The van der Waals surface area contributed by atoms with Crippen LogP contribution in [0.25, 0.3) is 0 Å². The molecule has 22 heavy (non-hydrogen) atoms. The molecule has 1 aliphatic heterocycles. The van der Waals surface area contributed by atoms with E-state index < -0.39 is 6.04 Å². The van der Waals surface area contributed by atoms with Gasteiger partial charge in [0, 0.05) is 25.6 Å². The molecule has 0 saturated carbocycles. The monoisotopic (exact) mass is 307 g/mol. The molecule has 2 rings (SSSR count). The van der Waals surface area contributed by atoms with Gasteiger partial charge in [0.15, 0.2) is 0 Å². The van der Waals surface area contributed by atoms with Crippen LogP contribution in [0.2, 0.25) is 0 Å². The van der Waals surface area contributed by atoms with Gasteiger partial charge in [-0.1, -0.05) is 6.92 Å². The summed E-state index contributed by atoms with van der Waals surface area (Å²) < 4.78 is 1.81. The number of fused-ring (bicyclic) bond motifs is 1. The number of hydrogen-bond acceptors (Lipinski definition) is 4. The maximum Gasteiger partial charge on any atom is 0.243 e. The van der Waals surface area contributed by atoms with Gasteiger partial charge >= 0.3 is 0 Å². The Bertz CT molecular complexity index is 552. The Balaban J connectivity index is 2.15. The van der Waals surface area contributed by atoms with Gasteiger partial charge in [-0.25, -0.2) is 4.68 Å². The standard InChI is InChI=1S/C15H25N5O2/c1-5-12(15(22)16-7-9-18(3)4)20-13-10-11(2)17-19(13)8-6-14(20)21/h10,12H,5-9H2,1-4H3,(H,16,22). The van der Waals surface area contributed by atoms with Crippen molar-refractivity contribution in [2.24, 2.45) is 0 Å². The molecule has 0 bridgehead atoms. The minimum atomic E-state index is -0.482. The van der Waals surface area contributed by atoms with E-state index in [4.69, 9.17) is 0 Å². The van der Waals surface area contributed by atoms with Crippen molar-refractivity contribution in [1.82, 2.24) is 20.0 Å². The fraction of sp³-hybridized carbons (Fsp3) is 0.667. The molecular formula is C15H25N5O2. The maximum atomic E-state index is 12.5. The molecule has 1 unspecified atom stereocenters. The minimum absolute atomic E-state index is 0.0120. The number of rotatable bonds is 6. The Hall–Kier alpha value is -1.89. The lowest BCUT2D eigenvalue weighted by Crippen LogP contribution is -2.52. The van der Waals surface area contributed by atoms with Gasteiger partial charge < -0.3 is 10.2 Å². The Morgan fingerprint density at radius 1 is 1.50 bits per heavy atom. The van der Waals surface area contributed by atoms with Gasteiger partial charge in [0.2, 0.25) is 11.8 Å². The highest BCUT2D eigenvalue weighted by molar-refractivity contribution is 6.00. The molecule has 1 aromatic heterocycles. The maximum absolute atomic E-state index is 12.5. The molecule has 2 heterocycles. The smallest absolute Gasteiger partial charge is 0.243 e. The molecule has 7 nitrogen and oxygen atoms in total. The summed E-state index contributed by atoms with van der Waals surface area (Å²) in [6.45, 7) is 5.74. The van der Waals surface area contributed by atoms with Crippen molar-refractivity contribution in [3.63, 3.8) is 0 Å². The molecule has 1 aromatic rings. The zero-order chi connectivity index (χ0) is 16.3. The molecule has 1 aliphatic rings. The summed E-state index contributed by atoms with van der Waals surface area (Å²) in [5.74, 6) is 0.607. The third-order valence-corrected chi connectivity index (χ3v) is 3.79. The van der Waals surface area contributed by atoms with Gasteiger partial charge in [0.05, 0.1) is 12.2 Å². The number of aryl methyl sites for hydroxylation is 2. The van der Waals surface area contributed by atoms with E-state index >= 15 is 0 Å². The van der Waals surface area contributed by atoms with Crippen molar-refractivity contribution in [3.05, 3.63) is 11.8 Å². The summed E-state index contributed by atoms with van der Waals surface area (Å²) in [5, 5.41) is 7.30. The average Bonchev–Trinajstić information content (AvgIpc) is 2.82. The molecule has 1 N–H and O–H groups in total. The number of carbonyl (C=O) groups excluding carboxylic acids is 2. The van der Waals surface area contributed by atoms with Crippen LogP contribution in [0.3, 0.4) is 0 Å². The van der Waals surface area contributed by atoms with Crippen LogP contribution < -0.4 is 10.2 Å². The zero-order valence-corrected chi connectivity index (χ0v) is 13.8. The molecule has 0 aliphatic carbocycles. The van der Waals surface area contributed by atoms with Crippen LogP contribution in [0.1, 0.15) is 25.5 Å². The first-order chi connectivity index (χ1) is 10.4. The van der Waals surface area contributed by atoms with Crippen molar-refractivity contribution < 1.29 is 9.59 Å². The van der Waals surface area contributed by atoms with Crippen LogP contribution in [0.5, 0.6) is 0 Å². The summed E-state index contributed by atoms with van der Waals surface area (Å²) >= 11 is 0. The Kier molecular flexibility index (Phi) is 5.18. The lowest BCUT2D eigenvalue weighted by molar-refractivity contribution is -0.127. The molecule has 0 fully saturated rings. The number of nitrogens with one attached hydrogen (secondary N) is 1. The van der Waals surface area contributed by atoms with Crippen molar-refractivity contribution in [2.45, 2.75) is 39.3 Å². The molecule has 0 saturated heterocycles. The molecule has 0 spiro atoms. The first-order valence-corrected chi connectivity index (χ1v) is 7.73.